The summed E-state index contributed by atoms with van der Waals surface area (Å²) in [5, 5.41) is 2.64. The van der Waals surface area contributed by atoms with E-state index in [1.165, 1.54) is 18.3 Å². The van der Waals surface area contributed by atoms with Gasteiger partial charge in [-0.25, -0.2) is 9.18 Å². The molecule has 6 nitrogen and oxygen atoms in total. The third-order valence-electron chi connectivity index (χ3n) is 3.92. The van der Waals surface area contributed by atoms with E-state index >= 15 is 0 Å². The van der Waals surface area contributed by atoms with Gasteiger partial charge >= 0.3 is 6.03 Å². The first-order valence-corrected chi connectivity index (χ1v) is 7.94. The van der Waals surface area contributed by atoms with Crippen molar-refractivity contribution in [3.05, 3.63) is 54.1 Å². The lowest BCUT2D eigenvalue weighted by Crippen LogP contribution is -2.34. The van der Waals surface area contributed by atoms with Crippen molar-refractivity contribution in [2.45, 2.75) is 26.4 Å². The summed E-state index contributed by atoms with van der Waals surface area (Å²) < 4.78 is 19.7. The van der Waals surface area contributed by atoms with E-state index in [2.05, 4.69) is 10.3 Å². The van der Waals surface area contributed by atoms with E-state index in [0.29, 0.717) is 11.3 Å². The van der Waals surface area contributed by atoms with Crippen molar-refractivity contribution in [1.29, 1.82) is 0 Å². The number of carbonyl (C=O) groups is 2. The van der Waals surface area contributed by atoms with Gasteiger partial charge in [0.2, 0.25) is 0 Å². The number of ether oxygens (including phenoxy) is 1. The van der Waals surface area contributed by atoms with Gasteiger partial charge in [0.05, 0.1) is 12.7 Å². The molecule has 1 atom stereocenters. The second-order valence-electron chi connectivity index (χ2n) is 6.15. The van der Waals surface area contributed by atoms with Crippen LogP contribution in [0.1, 0.15) is 19.4 Å². The van der Waals surface area contributed by atoms with Crippen molar-refractivity contribution in [2.24, 2.45) is 5.92 Å². The molecule has 0 bridgehead atoms. The van der Waals surface area contributed by atoms with Crippen molar-refractivity contribution >= 4 is 11.9 Å². The van der Waals surface area contributed by atoms with Crippen LogP contribution in [0.15, 0.2) is 42.7 Å². The Balaban J connectivity index is 1.73. The molecule has 1 aliphatic rings. The van der Waals surface area contributed by atoms with E-state index in [0.717, 1.165) is 4.90 Å². The second-order valence-corrected chi connectivity index (χ2v) is 6.15. The average Bonchev–Trinajstić information content (AvgIpc) is 2.87. The highest BCUT2D eigenvalue weighted by Crippen LogP contribution is 2.25. The first kappa shape index (κ1) is 16.9. The smallest absolute Gasteiger partial charge is 0.325 e. The van der Waals surface area contributed by atoms with Crippen LogP contribution in [0.5, 0.6) is 11.5 Å². The van der Waals surface area contributed by atoms with E-state index < -0.39 is 17.9 Å². The van der Waals surface area contributed by atoms with Crippen LogP contribution < -0.4 is 10.1 Å². The molecular formula is C18H18FN3O3. The summed E-state index contributed by atoms with van der Waals surface area (Å²) in [4.78, 5) is 29.2. The van der Waals surface area contributed by atoms with Crippen molar-refractivity contribution in [3.8, 4) is 11.5 Å². The highest BCUT2D eigenvalue weighted by molar-refractivity contribution is 6.04. The van der Waals surface area contributed by atoms with Crippen molar-refractivity contribution < 1.29 is 18.7 Å². The van der Waals surface area contributed by atoms with Crippen LogP contribution in [0.3, 0.4) is 0 Å². The number of halogens is 1. The molecule has 1 aliphatic heterocycles. The molecule has 1 unspecified atom stereocenters. The predicted octanol–water partition coefficient (Wildman–Crippen LogP) is 3.09. The Kier molecular flexibility index (Phi) is 4.65. The zero-order valence-corrected chi connectivity index (χ0v) is 13.9. The van der Waals surface area contributed by atoms with Gasteiger partial charge in [0.15, 0.2) is 11.6 Å². The fourth-order valence-corrected chi connectivity index (χ4v) is 2.58. The summed E-state index contributed by atoms with van der Waals surface area (Å²) in [5.74, 6) is -0.407. The van der Waals surface area contributed by atoms with Crippen LogP contribution >= 0.6 is 0 Å². The number of rotatable bonds is 5. The zero-order valence-electron chi connectivity index (χ0n) is 13.9. The highest BCUT2D eigenvalue weighted by Gasteiger charge is 2.39. The molecule has 7 heteroatoms. The Morgan fingerprint density at radius 2 is 2.12 bits per heavy atom. The standard InChI is InChI=1S/C18H18FN3O3/c1-11(2)16-17(23)22(18(24)21-16)10-12-5-6-15(14(19)8-12)25-13-4-3-7-20-9-13/h3-9,11,16H,10H2,1-2H3,(H,21,24). The van der Waals surface area contributed by atoms with Gasteiger partial charge in [-0.3, -0.25) is 14.7 Å². The van der Waals surface area contributed by atoms with Gasteiger partial charge in [0.1, 0.15) is 11.8 Å². The molecule has 0 spiro atoms. The molecule has 1 N–H and O–H groups in total. The first-order valence-electron chi connectivity index (χ1n) is 7.94. The Labute approximate surface area is 144 Å². The molecule has 1 aromatic heterocycles. The molecule has 25 heavy (non-hydrogen) atoms. The largest absolute Gasteiger partial charge is 0.453 e. The van der Waals surface area contributed by atoms with Crippen molar-refractivity contribution in [3.63, 3.8) is 0 Å². The van der Waals surface area contributed by atoms with Crippen molar-refractivity contribution in [1.82, 2.24) is 15.2 Å². The van der Waals surface area contributed by atoms with Gasteiger partial charge < -0.3 is 10.1 Å². The number of amides is 3. The number of nitrogens with zero attached hydrogens (tertiary/aromatic N) is 2. The van der Waals surface area contributed by atoms with Gasteiger partial charge in [0.25, 0.3) is 5.91 Å². The number of imide groups is 1. The van der Waals surface area contributed by atoms with Crippen LogP contribution in [0.25, 0.3) is 0 Å². The minimum absolute atomic E-state index is 0.00607. The summed E-state index contributed by atoms with van der Waals surface area (Å²) >= 11 is 0. The molecule has 0 aliphatic carbocycles. The van der Waals surface area contributed by atoms with E-state index in [1.807, 2.05) is 13.8 Å². The number of benzene rings is 1. The van der Waals surface area contributed by atoms with Gasteiger partial charge in [-0.15, -0.1) is 0 Å². The number of nitrogens with one attached hydrogen (secondary N) is 1. The molecular weight excluding hydrogens is 325 g/mol. The van der Waals surface area contributed by atoms with Crippen LogP contribution in [0.2, 0.25) is 0 Å². The maximum absolute atomic E-state index is 14.3. The monoisotopic (exact) mass is 343 g/mol. The molecule has 0 saturated carbocycles. The maximum atomic E-state index is 14.3. The lowest BCUT2D eigenvalue weighted by atomic mass is 10.0. The molecule has 3 rings (SSSR count). The summed E-state index contributed by atoms with van der Waals surface area (Å²) in [6.45, 7) is 3.73. The second kappa shape index (κ2) is 6.88. The van der Waals surface area contributed by atoms with E-state index in [1.54, 1.807) is 24.4 Å². The van der Waals surface area contributed by atoms with E-state index in [4.69, 9.17) is 4.74 Å². The van der Waals surface area contributed by atoms with Gasteiger partial charge in [-0.1, -0.05) is 19.9 Å². The summed E-state index contributed by atoms with van der Waals surface area (Å²) in [6, 6.07) is 6.71. The summed E-state index contributed by atoms with van der Waals surface area (Å²) in [5.41, 5.74) is 0.504. The number of urea groups is 1. The van der Waals surface area contributed by atoms with Crippen LogP contribution in [0, 0.1) is 11.7 Å². The lowest BCUT2D eigenvalue weighted by molar-refractivity contribution is -0.128. The zero-order chi connectivity index (χ0) is 18.0. The summed E-state index contributed by atoms with van der Waals surface area (Å²) in [7, 11) is 0. The Morgan fingerprint density at radius 3 is 2.72 bits per heavy atom. The Hall–Kier alpha value is -2.96. The number of pyridine rings is 1. The molecule has 2 heterocycles. The first-order chi connectivity index (χ1) is 12.0. The van der Waals surface area contributed by atoms with Crippen LogP contribution in [0.4, 0.5) is 9.18 Å². The van der Waals surface area contributed by atoms with Gasteiger partial charge in [0, 0.05) is 6.20 Å². The molecule has 130 valence electrons. The fraction of sp³-hybridized carbons (Fsp3) is 0.278. The molecule has 1 aromatic carbocycles. The number of carbonyl (C=O) groups excluding carboxylic acids is 2. The Morgan fingerprint density at radius 1 is 1.32 bits per heavy atom. The molecule has 1 saturated heterocycles. The minimum Gasteiger partial charge on any atom is -0.453 e. The highest BCUT2D eigenvalue weighted by atomic mass is 19.1. The van der Waals surface area contributed by atoms with Crippen LogP contribution in [-0.4, -0.2) is 27.9 Å². The normalized spacial score (nSPS) is 17.1. The molecule has 0 radical (unpaired) electrons. The Bertz CT molecular complexity index is 795. The maximum Gasteiger partial charge on any atom is 0.325 e. The average molecular weight is 343 g/mol. The van der Waals surface area contributed by atoms with E-state index in [-0.39, 0.29) is 24.1 Å². The van der Waals surface area contributed by atoms with Crippen molar-refractivity contribution in [2.75, 3.05) is 0 Å². The van der Waals surface area contributed by atoms with Gasteiger partial charge in [-0.05, 0) is 35.7 Å². The summed E-state index contributed by atoms with van der Waals surface area (Å²) in [6.07, 6.45) is 3.07. The molecule has 1 fully saturated rings. The third-order valence-corrected chi connectivity index (χ3v) is 3.92. The molecule has 2 aromatic rings. The number of aromatic nitrogens is 1. The third kappa shape index (κ3) is 3.60. The van der Waals surface area contributed by atoms with Crippen LogP contribution in [-0.2, 0) is 11.3 Å². The number of hydrogen-bond acceptors (Lipinski definition) is 4. The van der Waals surface area contributed by atoms with Gasteiger partial charge in [-0.2, -0.15) is 0 Å². The molecule has 3 amide bonds. The fourth-order valence-electron chi connectivity index (χ4n) is 2.58. The predicted molar refractivity (Wildman–Crippen MR) is 88.4 cm³/mol. The minimum atomic E-state index is -0.575. The topological polar surface area (TPSA) is 71.5 Å². The lowest BCUT2D eigenvalue weighted by Gasteiger charge is -2.15. The van der Waals surface area contributed by atoms with E-state index in [9.17, 15) is 14.0 Å². The SMILES string of the molecule is CC(C)C1NC(=O)N(Cc2ccc(Oc3cccnc3)c(F)c2)C1=O. The quantitative estimate of drug-likeness (QED) is 0.847. The number of hydrogen-bond donors (Lipinski definition) is 1.